The molecule has 0 bridgehead atoms. The van der Waals surface area contributed by atoms with Crippen molar-refractivity contribution in [2.75, 3.05) is 6.54 Å². The number of aliphatic hydroxyl groups excluding tert-OH is 1. The third kappa shape index (κ3) is 2.99. The highest BCUT2D eigenvalue weighted by atomic mass is 32.2. The molecule has 116 valence electrons. The van der Waals surface area contributed by atoms with Crippen LogP contribution in [0.4, 0.5) is 0 Å². The van der Waals surface area contributed by atoms with Crippen molar-refractivity contribution in [3.63, 3.8) is 0 Å². The van der Waals surface area contributed by atoms with Crippen LogP contribution >= 0.6 is 0 Å². The zero-order valence-electron chi connectivity index (χ0n) is 11.2. The number of hydrogen-bond donors (Lipinski definition) is 3. The normalized spacial score (nSPS) is 24.4. The van der Waals surface area contributed by atoms with Crippen molar-refractivity contribution >= 4 is 15.9 Å². The summed E-state index contributed by atoms with van der Waals surface area (Å²) >= 11 is 0. The molecule has 4 N–H and O–H groups in total. The Labute approximate surface area is 122 Å². The number of aromatic hydroxyl groups is 1. The van der Waals surface area contributed by atoms with E-state index in [-0.39, 0.29) is 13.0 Å². The van der Waals surface area contributed by atoms with Crippen LogP contribution in [0.25, 0.3) is 0 Å². The van der Waals surface area contributed by atoms with Crippen molar-refractivity contribution in [1.29, 1.82) is 0 Å². The highest BCUT2D eigenvalue weighted by molar-refractivity contribution is 7.89. The van der Waals surface area contributed by atoms with Gasteiger partial charge in [-0.2, -0.15) is 4.31 Å². The molecular formula is C12H17N3O5S. The molecule has 0 aliphatic carbocycles. The summed E-state index contributed by atoms with van der Waals surface area (Å²) in [6, 6.07) is 1.21. The molecule has 1 aromatic heterocycles. The first kappa shape index (κ1) is 15.7. The average Bonchev–Trinajstić information content (AvgIpc) is 2.61. The first-order valence-electron chi connectivity index (χ1n) is 6.49. The van der Waals surface area contributed by atoms with Gasteiger partial charge in [-0.25, -0.2) is 13.4 Å². The number of nitrogens with two attached hydrogens (primary N) is 1. The lowest BCUT2D eigenvalue weighted by molar-refractivity contribution is -0.124. The molecule has 21 heavy (non-hydrogen) atoms. The molecule has 0 spiro atoms. The van der Waals surface area contributed by atoms with Crippen molar-refractivity contribution in [3.05, 3.63) is 18.3 Å². The molecule has 8 nitrogen and oxygen atoms in total. The van der Waals surface area contributed by atoms with Gasteiger partial charge in [-0.3, -0.25) is 4.79 Å². The highest BCUT2D eigenvalue weighted by Crippen LogP contribution is 2.28. The average molecular weight is 315 g/mol. The lowest BCUT2D eigenvalue weighted by Crippen LogP contribution is -2.53. The van der Waals surface area contributed by atoms with Crippen molar-refractivity contribution < 1.29 is 23.4 Å². The molecule has 1 amide bonds. The van der Waals surface area contributed by atoms with Gasteiger partial charge in [0, 0.05) is 12.7 Å². The fourth-order valence-corrected chi connectivity index (χ4v) is 4.06. The van der Waals surface area contributed by atoms with E-state index in [1.807, 2.05) is 0 Å². The monoisotopic (exact) mass is 315 g/mol. The maximum Gasteiger partial charge on any atom is 0.265 e. The van der Waals surface area contributed by atoms with Crippen molar-refractivity contribution in [2.45, 2.75) is 36.4 Å². The van der Waals surface area contributed by atoms with Crippen LogP contribution in [0.2, 0.25) is 0 Å². The van der Waals surface area contributed by atoms with Crippen molar-refractivity contribution in [3.8, 4) is 5.75 Å². The van der Waals surface area contributed by atoms with Gasteiger partial charge in [0.15, 0.2) is 5.75 Å². The van der Waals surface area contributed by atoms with Gasteiger partial charge in [-0.05, 0) is 31.4 Å². The zero-order chi connectivity index (χ0) is 15.6. The molecule has 1 saturated heterocycles. The number of aromatic nitrogens is 1. The predicted molar refractivity (Wildman–Crippen MR) is 72.6 cm³/mol. The van der Waals surface area contributed by atoms with Crippen LogP contribution in [0, 0.1) is 0 Å². The molecule has 1 aliphatic rings. The second-order valence-corrected chi connectivity index (χ2v) is 6.66. The number of nitrogens with zero attached hydrogens (tertiary/aromatic N) is 2. The van der Waals surface area contributed by atoms with Gasteiger partial charge < -0.3 is 15.9 Å². The van der Waals surface area contributed by atoms with E-state index >= 15 is 0 Å². The number of aliphatic hydroxyl groups is 1. The number of pyridine rings is 1. The molecule has 2 rings (SSSR count). The Morgan fingerprint density at radius 2 is 2.14 bits per heavy atom. The minimum Gasteiger partial charge on any atom is -0.505 e. The van der Waals surface area contributed by atoms with Gasteiger partial charge in [-0.15, -0.1) is 0 Å². The first-order valence-corrected chi connectivity index (χ1v) is 7.93. The van der Waals surface area contributed by atoms with Gasteiger partial charge in [0.2, 0.25) is 10.9 Å². The number of amides is 1. The van der Waals surface area contributed by atoms with E-state index in [0.29, 0.717) is 12.8 Å². The molecule has 0 radical (unpaired) electrons. The van der Waals surface area contributed by atoms with Gasteiger partial charge in [0.1, 0.15) is 6.04 Å². The fraction of sp³-hybridized carbons (Fsp3) is 0.500. The maximum atomic E-state index is 12.6. The van der Waals surface area contributed by atoms with Gasteiger partial charge >= 0.3 is 0 Å². The van der Waals surface area contributed by atoms with Crippen LogP contribution in [-0.4, -0.2) is 52.5 Å². The van der Waals surface area contributed by atoms with Crippen LogP contribution in [0.3, 0.4) is 0 Å². The predicted octanol–water partition coefficient (Wildman–Crippen LogP) is -0.823. The SMILES string of the molecule is NC(=O)C1C(O)CCCCN1S(=O)(=O)c1ncccc1O. The second kappa shape index (κ2) is 5.96. The maximum absolute atomic E-state index is 12.6. The first-order chi connectivity index (χ1) is 9.85. The molecule has 9 heteroatoms. The summed E-state index contributed by atoms with van der Waals surface area (Å²) in [7, 11) is -4.23. The summed E-state index contributed by atoms with van der Waals surface area (Å²) in [5, 5.41) is 19.1. The van der Waals surface area contributed by atoms with Gasteiger partial charge in [-0.1, -0.05) is 0 Å². The quantitative estimate of drug-likeness (QED) is 0.667. The summed E-state index contributed by atoms with van der Waals surface area (Å²) < 4.78 is 26.0. The number of carbonyl (C=O) groups is 1. The number of primary amides is 1. The van der Waals surface area contributed by atoms with E-state index in [1.54, 1.807) is 0 Å². The lowest BCUT2D eigenvalue weighted by Gasteiger charge is -2.29. The van der Waals surface area contributed by atoms with Crippen LogP contribution in [0.1, 0.15) is 19.3 Å². The number of sulfonamides is 1. The van der Waals surface area contributed by atoms with E-state index in [4.69, 9.17) is 5.73 Å². The Hall–Kier alpha value is -1.71. The molecule has 2 heterocycles. The summed E-state index contributed by atoms with van der Waals surface area (Å²) in [4.78, 5) is 15.2. The fourth-order valence-electron chi connectivity index (χ4n) is 2.40. The Kier molecular flexibility index (Phi) is 4.45. The number of carbonyl (C=O) groups excluding carboxylic acids is 1. The zero-order valence-corrected chi connectivity index (χ0v) is 12.0. The van der Waals surface area contributed by atoms with Gasteiger partial charge in [0.25, 0.3) is 10.0 Å². The van der Waals surface area contributed by atoms with Gasteiger partial charge in [0.05, 0.1) is 6.10 Å². The smallest absolute Gasteiger partial charge is 0.265 e. The van der Waals surface area contributed by atoms with Crippen LogP contribution in [-0.2, 0) is 14.8 Å². The Bertz CT molecular complexity index is 634. The summed E-state index contributed by atoms with van der Waals surface area (Å²) in [5.41, 5.74) is 5.24. The highest BCUT2D eigenvalue weighted by Gasteiger charge is 2.41. The molecule has 0 aromatic carbocycles. The van der Waals surface area contributed by atoms with E-state index in [2.05, 4.69) is 4.98 Å². The molecule has 1 aliphatic heterocycles. The lowest BCUT2D eigenvalue weighted by atomic mass is 10.1. The topological polar surface area (TPSA) is 134 Å². The molecule has 0 saturated carbocycles. The van der Waals surface area contributed by atoms with Crippen LogP contribution < -0.4 is 5.73 Å². The molecular weight excluding hydrogens is 298 g/mol. The van der Waals surface area contributed by atoms with Crippen LogP contribution in [0.15, 0.2) is 23.4 Å². The summed E-state index contributed by atoms with van der Waals surface area (Å²) in [5.74, 6) is -1.44. The van der Waals surface area contributed by atoms with E-state index in [9.17, 15) is 23.4 Å². The molecule has 1 fully saturated rings. The summed E-state index contributed by atoms with van der Waals surface area (Å²) in [6.45, 7) is 0.0308. The van der Waals surface area contributed by atoms with E-state index < -0.39 is 38.9 Å². The standard InChI is InChI=1S/C12H17N3O5S/c13-11(18)10-8(16)4-1-2-7-15(10)21(19,20)12-9(17)5-3-6-14-12/h3,5-6,8,10,16-17H,1-2,4,7H2,(H2,13,18). The van der Waals surface area contributed by atoms with E-state index in [1.165, 1.54) is 18.3 Å². The minimum absolute atomic E-state index is 0.0308. The van der Waals surface area contributed by atoms with Crippen molar-refractivity contribution in [1.82, 2.24) is 9.29 Å². The Morgan fingerprint density at radius 3 is 2.76 bits per heavy atom. The molecule has 2 unspecified atom stereocenters. The number of rotatable bonds is 3. The van der Waals surface area contributed by atoms with Crippen molar-refractivity contribution in [2.24, 2.45) is 5.73 Å². The Morgan fingerprint density at radius 1 is 1.43 bits per heavy atom. The molecule has 2 atom stereocenters. The largest absolute Gasteiger partial charge is 0.505 e. The third-order valence-corrected chi connectivity index (χ3v) is 5.23. The summed E-state index contributed by atoms with van der Waals surface area (Å²) in [6.07, 6.45) is 1.39. The number of hydrogen-bond acceptors (Lipinski definition) is 6. The van der Waals surface area contributed by atoms with E-state index in [0.717, 1.165) is 4.31 Å². The van der Waals surface area contributed by atoms with Crippen LogP contribution in [0.5, 0.6) is 5.75 Å². The minimum atomic E-state index is -4.23. The molecule has 1 aromatic rings. The Balaban J connectivity index is 2.50. The third-order valence-electron chi connectivity index (χ3n) is 3.40. The second-order valence-electron chi connectivity index (χ2n) is 4.85.